The number of sulfone groups is 1. The number of nitrogens with two attached hydrogens (primary N) is 1. The van der Waals surface area contributed by atoms with Crippen LogP contribution in [0.15, 0.2) is 24.3 Å². The van der Waals surface area contributed by atoms with Crippen LogP contribution in [0.3, 0.4) is 0 Å². The molecule has 1 aliphatic rings. The number of amides is 3. The van der Waals surface area contributed by atoms with Gasteiger partial charge in [0.2, 0.25) is 0 Å². The first-order valence-corrected chi connectivity index (χ1v) is 7.86. The second kappa shape index (κ2) is 5.49. The summed E-state index contributed by atoms with van der Waals surface area (Å²) in [7, 11) is -3.05. The van der Waals surface area contributed by atoms with E-state index in [4.69, 9.17) is 5.73 Å². The summed E-state index contributed by atoms with van der Waals surface area (Å²) < 4.78 is 22.6. The predicted molar refractivity (Wildman–Crippen MR) is 74.2 cm³/mol. The van der Waals surface area contributed by atoms with Crippen LogP contribution < -0.4 is 16.4 Å². The molecule has 108 valence electrons. The zero-order chi connectivity index (χ0) is 14.8. The van der Waals surface area contributed by atoms with Gasteiger partial charge >= 0.3 is 6.03 Å². The van der Waals surface area contributed by atoms with Crippen molar-refractivity contribution in [2.75, 3.05) is 16.8 Å². The van der Waals surface area contributed by atoms with Gasteiger partial charge in [-0.1, -0.05) is 12.1 Å². The standard InChI is InChI=1S/C12H15N3O4S/c13-11(16)9-3-1-2-4-10(9)15-12(17)14-8-5-6-20(18,19)7-8/h1-4,8H,5-7H2,(H2,13,16)(H2,14,15,17). The highest BCUT2D eigenvalue weighted by Crippen LogP contribution is 2.15. The fourth-order valence-electron chi connectivity index (χ4n) is 2.06. The summed E-state index contributed by atoms with van der Waals surface area (Å²) in [5.41, 5.74) is 5.69. The molecular formula is C12H15N3O4S. The highest BCUT2D eigenvalue weighted by molar-refractivity contribution is 7.91. The van der Waals surface area contributed by atoms with Crippen LogP contribution in [0.4, 0.5) is 10.5 Å². The Kier molecular flexibility index (Phi) is 3.93. The largest absolute Gasteiger partial charge is 0.366 e. The molecule has 1 aliphatic heterocycles. The first-order chi connectivity index (χ1) is 9.37. The van der Waals surface area contributed by atoms with Crippen molar-refractivity contribution in [3.8, 4) is 0 Å². The van der Waals surface area contributed by atoms with Gasteiger partial charge in [0.1, 0.15) is 0 Å². The number of benzene rings is 1. The Morgan fingerprint density at radius 3 is 2.55 bits per heavy atom. The summed E-state index contributed by atoms with van der Waals surface area (Å²) in [6.45, 7) is 0. The van der Waals surface area contributed by atoms with E-state index in [1.807, 2.05) is 0 Å². The van der Waals surface area contributed by atoms with Crippen LogP contribution in [0.5, 0.6) is 0 Å². The molecule has 0 aromatic heterocycles. The summed E-state index contributed by atoms with van der Waals surface area (Å²) in [6.07, 6.45) is 0.396. The number of nitrogens with one attached hydrogen (secondary N) is 2. The normalized spacial score (nSPS) is 20.3. The van der Waals surface area contributed by atoms with Gasteiger partial charge in [-0.3, -0.25) is 4.79 Å². The molecule has 1 heterocycles. The number of para-hydroxylation sites is 1. The van der Waals surface area contributed by atoms with E-state index in [1.165, 1.54) is 6.07 Å². The monoisotopic (exact) mass is 297 g/mol. The summed E-state index contributed by atoms with van der Waals surface area (Å²) in [5.74, 6) is -0.627. The molecule has 2 rings (SSSR count). The Labute approximate surface area is 116 Å². The molecule has 1 saturated heterocycles. The molecule has 4 N–H and O–H groups in total. The van der Waals surface area contributed by atoms with E-state index < -0.39 is 27.8 Å². The summed E-state index contributed by atoms with van der Waals surface area (Å²) in [6, 6.07) is 5.37. The minimum atomic E-state index is -3.05. The van der Waals surface area contributed by atoms with Gasteiger partial charge in [-0.2, -0.15) is 0 Å². The van der Waals surface area contributed by atoms with Crippen molar-refractivity contribution < 1.29 is 18.0 Å². The van der Waals surface area contributed by atoms with E-state index in [9.17, 15) is 18.0 Å². The number of primary amides is 1. The molecule has 1 aromatic rings. The fourth-order valence-corrected chi connectivity index (χ4v) is 3.73. The number of urea groups is 1. The molecule has 0 saturated carbocycles. The van der Waals surface area contributed by atoms with Crippen molar-refractivity contribution in [3.63, 3.8) is 0 Å². The lowest BCUT2D eigenvalue weighted by atomic mass is 10.1. The molecule has 0 bridgehead atoms. The van der Waals surface area contributed by atoms with E-state index in [0.29, 0.717) is 12.1 Å². The van der Waals surface area contributed by atoms with Crippen LogP contribution in [-0.4, -0.2) is 37.9 Å². The van der Waals surface area contributed by atoms with Gasteiger partial charge in [-0.15, -0.1) is 0 Å². The maximum Gasteiger partial charge on any atom is 0.319 e. The van der Waals surface area contributed by atoms with Gasteiger partial charge in [0.25, 0.3) is 5.91 Å². The molecule has 20 heavy (non-hydrogen) atoms. The van der Waals surface area contributed by atoms with Crippen molar-refractivity contribution in [2.45, 2.75) is 12.5 Å². The molecule has 1 fully saturated rings. The molecule has 8 heteroatoms. The quantitative estimate of drug-likeness (QED) is 0.732. The van der Waals surface area contributed by atoms with Crippen molar-refractivity contribution in [1.29, 1.82) is 0 Å². The third-order valence-electron chi connectivity index (χ3n) is 3.01. The smallest absolute Gasteiger partial charge is 0.319 e. The molecule has 0 spiro atoms. The topological polar surface area (TPSA) is 118 Å². The van der Waals surface area contributed by atoms with Gasteiger partial charge < -0.3 is 16.4 Å². The Balaban J connectivity index is 2.01. The first kappa shape index (κ1) is 14.3. The Morgan fingerprint density at radius 1 is 1.25 bits per heavy atom. The SMILES string of the molecule is NC(=O)c1ccccc1NC(=O)NC1CCS(=O)(=O)C1. The molecule has 3 amide bonds. The van der Waals surface area contributed by atoms with E-state index in [2.05, 4.69) is 10.6 Å². The van der Waals surface area contributed by atoms with Crippen molar-refractivity contribution in [3.05, 3.63) is 29.8 Å². The Bertz CT molecular complexity index is 642. The van der Waals surface area contributed by atoms with Crippen LogP contribution in [0, 0.1) is 0 Å². The number of carbonyl (C=O) groups is 2. The lowest BCUT2D eigenvalue weighted by Gasteiger charge is -2.13. The number of rotatable bonds is 3. The summed E-state index contributed by atoms with van der Waals surface area (Å²) in [4.78, 5) is 23.0. The first-order valence-electron chi connectivity index (χ1n) is 6.04. The highest BCUT2D eigenvalue weighted by atomic mass is 32.2. The van der Waals surface area contributed by atoms with Gasteiger partial charge in [-0.25, -0.2) is 13.2 Å². The summed E-state index contributed by atoms with van der Waals surface area (Å²) >= 11 is 0. The van der Waals surface area contributed by atoms with Gasteiger partial charge in [-0.05, 0) is 18.6 Å². The molecule has 1 aromatic carbocycles. The van der Waals surface area contributed by atoms with Crippen LogP contribution in [0.2, 0.25) is 0 Å². The second-order valence-corrected chi connectivity index (χ2v) is 6.84. The van der Waals surface area contributed by atoms with E-state index in [1.54, 1.807) is 18.2 Å². The lowest BCUT2D eigenvalue weighted by Crippen LogP contribution is -2.39. The zero-order valence-electron chi connectivity index (χ0n) is 10.6. The van der Waals surface area contributed by atoms with Crippen molar-refractivity contribution in [1.82, 2.24) is 5.32 Å². The molecule has 0 aliphatic carbocycles. The minimum absolute atomic E-state index is 0.0577. The van der Waals surface area contributed by atoms with Gasteiger partial charge in [0.15, 0.2) is 9.84 Å². The van der Waals surface area contributed by atoms with Crippen molar-refractivity contribution >= 4 is 27.5 Å². The van der Waals surface area contributed by atoms with E-state index in [0.717, 1.165) is 0 Å². The molecular weight excluding hydrogens is 282 g/mol. The Hall–Kier alpha value is -2.09. The molecule has 1 atom stereocenters. The number of hydrogen-bond donors (Lipinski definition) is 3. The lowest BCUT2D eigenvalue weighted by molar-refractivity contribution is 0.100. The Morgan fingerprint density at radius 2 is 1.95 bits per heavy atom. The maximum atomic E-state index is 11.8. The fraction of sp³-hybridized carbons (Fsp3) is 0.333. The number of hydrogen-bond acceptors (Lipinski definition) is 4. The van der Waals surface area contributed by atoms with Crippen LogP contribution >= 0.6 is 0 Å². The number of anilines is 1. The molecule has 0 radical (unpaired) electrons. The van der Waals surface area contributed by atoms with Crippen LogP contribution in [-0.2, 0) is 9.84 Å². The maximum absolute atomic E-state index is 11.8. The zero-order valence-corrected chi connectivity index (χ0v) is 11.4. The van der Waals surface area contributed by atoms with E-state index >= 15 is 0 Å². The van der Waals surface area contributed by atoms with Gasteiger partial charge in [0.05, 0.1) is 22.8 Å². The average molecular weight is 297 g/mol. The minimum Gasteiger partial charge on any atom is -0.366 e. The highest BCUT2D eigenvalue weighted by Gasteiger charge is 2.29. The second-order valence-electron chi connectivity index (χ2n) is 4.61. The van der Waals surface area contributed by atoms with Gasteiger partial charge in [0, 0.05) is 6.04 Å². The van der Waals surface area contributed by atoms with E-state index in [-0.39, 0.29) is 17.1 Å². The number of carbonyl (C=O) groups excluding carboxylic acids is 2. The third-order valence-corrected chi connectivity index (χ3v) is 4.78. The van der Waals surface area contributed by atoms with Crippen molar-refractivity contribution in [2.24, 2.45) is 5.73 Å². The predicted octanol–water partition coefficient (Wildman–Crippen LogP) is 0.0941. The van der Waals surface area contributed by atoms with Crippen LogP contribution in [0.25, 0.3) is 0 Å². The molecule has 1 unspecified atom stereocenters. The summed E-state index contributed by atoms with van der Waals surface area (Å²) in [5, 5.41) is 5.07. The molecule has 7 nitrogen and oxygen atoms in total. The third kappa shape index (κ3) is 3.47. The van der Waals surface area contributed by atoms with Crippen LogP contribution in [0.1, 0.15) is 16.8 Å². The average Bonchev–Trinajstić information content (AvgIpc) is 2.68.